The zero-order valence-corrected chi connectivity index (χ0v) is 13.0. The molecule has 0 heterocycles. The average Bonchev–Trinajstić information content (AvgIpc) is 2.53. The Bertz CT molecular complexity index is 504. The summed E-state index contributed by atoms with van der Waals surface area (Å²) in [5.74, 6) is 1.15. The number of amides is 1. The van der Waals surface area contributed by atoms with E-state index in [-0.39, 0.29) is 18.0 Å². The van der Waals surface area contributed by atoms with Gasteiger partial charge in [-0.25, -0.2) is 0 Å². The molecule has 0 radical (unpaired) electrons. The van der Waals surface area contributed by atoms with Crippen molar-refractivity contribution in [2.24, 2.45) is 5.73 Å². The number of benzene rings is 1. The fourth-order valence-electron chi connectivity index (χ4n) is 2.94. The molecule has 2 atom stereocenters. The molecule has 2 unspecified atom stereocenters. The summed E-state index contributed by atoms with van der Waals surface area (Å²) in [6.45, 7) is 0. The molecule has 0 bridgehead atoms. The smallest absolute Gasteiger partial charge is 0.254 e. The van der Waals surface area contributed by atoms with E-state index in [0.29, 0.717) is 17.1 Å². The molecule has 0 aromatic heterocycles. The average molecular weight is 292 g/mol. The predicted octanol–water partition coefficient (Wildman–Crippen LogP) is 2.05. The van der Waals surface area contributed by atoms with Crippen LogP contribution < -0.4 is 15.2 Å². The van der Waals surface area contributed by atoms with E-state index in [0.717, 1.165) is 25.7 Å². The molecule has 116 valence electrons. The van der Waals surface area contributed by atoms with Gasteiger partial charge in [-0.3, -0.25) is 4.79 Å². The van der Waals surface area contributed by atoms with Crippen LogP contribution in [0.2, 0.25) is 0 Å². The molecular formula is C16H24N2O3. The molecule has 0 spiro atoms. The fraction of sp³-hybridized carbons (Fsp3) is 0.562. The van der Waals surface area contributed by atoms with Crippen molar-refractivity contribution in [2.45, 2.75) is 37.8 Å². The molecule has 2 N–H and O–H groups in total. The predicted molar refractivity (Wildman–Crippen MR) is 81.9 cm³/mol. The molecule has 1 saturated carbocycles. The highest BCUT2D eigenvalue weighted by Crippen LogP contribution is 2.29. The van der Waals surface area contributed by atoms with Gasteiger partial charge in [0.05, 0.1) is 14.2 Å². The Balaban J connectivity index is 2.18. The Morgan fingerprint density at radius 3 is 2.48 bits per heavy atom. The van der Waals surface area contributed by atoms with Crippen molar-refractivity contribution in [2.75, 3.05) is 21.3 Å². The highest BCUT2D eigenvalue weighted by molar-refractivity contribution is 5.95. The van der Waals surface area contributed by atoms with Gasteiger partial charge in [0.25, 0.3) is 5.91 Å². The molecule has 1 fully saturated rings. The molecule has 5 nitrogen and oxygen atoms in total. The molecule has 1 aromatic carbocycles. The molecule has 2 rings (SSSR count). The molecule has 0 aliphatic heterocycles. The SMILES string of the molecule is COc1ccc(C(=O)N(C)C2CCCCC2N)cc1OC. The van der Waals surface area contributed by atoms with Crippen molar-refractivity contribution in [3.05, 3.63) is 23.8 Å². The van der Waals surface area contributed by atoms with Gasteiger partial charge in [0, 0.05) is 24.7 Å². The van der Waals surface area contributed by atoms with Crippen LogP contribution in [0.4, 0.5) is 0 Å². The maximum atomic E-state index is 12.6. The third kappa shape index (κ3) is 3.29. The quantitative estimate of drug-likeness (QED) is 0.922. The summed E-state index contributed by atoms with van der Waals surface area (Å²) in [7, 11) is 4.97. The normalized spacial score (nSPS) is 21.7. The second kappa shape index (κ2) is 6.80. The van der Waals surface area contributed by atoms with Gasteiger partial charge >= 0.3 is 0 Å². The summed E-state index contributed by atoms with van der Waals surface area (Å²) in [5, 5.41) is 0. The van der Waals surface area contributed by atoms with Gasteiger partial charge in [-0.05, 0) is 31.0 Å². The summed E-state index contributed by atoms with van der Waals surface area (Å²) < 4.78 is 10.4. The summed E-state index contributed by atoms with van der Waals surface area (Å²) in [6, 6.07) is 5.40. The Labute approximate surface area is 126 Å². The molecular weight excluding hydrogens is 268 g/mol. The first-order valence-electron chi connectivity index (χ1n) is 7.33. The van der Waals surface area contributed by atoms with Gasteiger partial charge in [-0.15, -0.1) is 0 Å². The highest BCUT2D eigenvalue weighted by Gasteiger charge is 2.29. The van der Waals surface area contributed by atoms with Crippen LogP contribution in [0.1, 0.15) is 36.0 Å². The van der Waals surface area contributed by atoms with E-state index in [4.69, 9.17) is 15.2 Å². The molecule has 5 heteroatoms. The fourth-order valence-corrected chi connectivity index (χ4v) is 2.94. The van der Waals surface area contributed by atoms with Crippen LogP contribution in [0.5, 0.6) is 11.5 Å². The first-order valence-corrected chi connectivity index (χ1v) is 7.33. The molecule has 1 aromatic rings. The lowest BCUT2D eigenvalue weighted by Crippen LogP contribution is -2.50. The minimum atomic E-state index is -0.0293. The molecule has 1 aliphatic carbocycles. The van der Waals surface area contributed by atoms with E-state index in [1.54, 1.807) is 37.3 Å². The van der Waals surface area contributed by atoms with Crippen LogP contribution in [0, 0.1) is 0 Å². The molecule has 1 amide bonds. The van der Waals surface area contributed by atoms with Gasteiger partial charge in [0.2, 0.25) is 0 Å². The van der Waals surface area contributed by atoms with Gasteiger partial charge in [-0.1, -0.05) is 12.8 Å². The highest BCUT2D eigenvalue weighted by atomic mass is 16.5. The van der Waals surface area contributed by atoms with E-state index >= 15 is 0 Å². The Kier molecular flexibility index (Phi) is 5.07. The molecule has 1 aliphatic rings. The number of hydrogen-bond donors (Lipinski definition) is 1. The van der Waals surface area contributed by atoms with Crippen molar-refractivity contribution in [3.8, 4) is 11.5 Å². The minimum Gasteiger partial charge on any atom is -0.493 e. The lowest BCUT2D eigenvalue weighted by Gasteiger charge is -2.36. The van der Waals surface area contributed by atoms with Crippen LogP contribution >= 0.6 is 0 Å². The van der Waals surface area contributed by atoms with E-state index in [1.165, 1.54) is 0 Å². The van der Waals surface area contributed by atoms with E-state index < -0.39 is 0 Å². The number of ether oxygens (including phenoxy) is 2. The first kappa shape index (κ1) is 15.6. The lowest BCUT2D eigenvalue weighted by atomic mass is 9.90. The van der Waals surface area contributed by atoms with Crippen molar-refractivity contribution in [1.29, 1.82) is 0 Å². The van der Waals surface area contributed by atoms with Crippen molar-refractivity contribution in [1.82, 2.24) is 4.90 Å². The maximum absolute atomic E-state index is 12.6. The second-order valence-corrected chi connectivity index (χ2v) is 5.50. The summed E-state index contributed by atoms with van der Waals surface area (Å²) in [6.07, 6.45) is 4.23. The van der Waals surface area contributed by atoms with Gasteiger partial charge in [-0.2, -0.15) is 0 Å². The van der Waals surface area contributed by atoms with Crippen LogP contribution in [0.3, 0.4) is 0 Å². The number of rotatable bonds is 4. The second-order valence-electron chi connectivity index (χ2n) is 5.50. The summed E-state index contributed by atoms with van der Waals surface area (Å²) >= 11 is 0. The number of carbonyl (C=O) groups excluding carboxylic acids is 1. The first-order chi connectivity index (χ1) is 10.1. The van der Waals surface area contributed by atoms with E-state index in [1.807, 2.05) is 7.05 Å². The van der Waals surface area contributed by atoms with Gasteiger partial charge in [0.1, 0.15) is 0 Å². The number of nitrogens with zero attached hydrogens (tertiary/aromatic N) is 1. The number of hydrogen-bond acceptors (Lipinski definition) is 4. The molecule has 21 heavy (non-hydrogen) atoms. The zero-order valence-electron chi connectivity index (χ0n) is 13.0. The maximum Gasteiger partial charge on any atom is 0.254 e. The summed E-state index contributed by atoms with van der Waals surface area (Å²) in [4.78, 5) is 14.4. The third-order valence-corrected chi connectivity index (χ3v) is 4.23. The zero-order chi connectivity index (χ0) is 15.4. The van der Waals surface area contributed by atoms with Crippen molar-refractivity contribution < 1.29 is 14.3 Å². The Morgan fingerprint density at radius 1 is 1.19 bits per heavy atom. The van der Waals surface area contributed by atoms with Crippen LogP contribution in [-0.2, 0) is 0 Å². The summed E-state index contributed by atoms with van der Waals surface area (Å²) in [5.41, 5.74) is 6.75. The van der Waals surface area contributed by atoms with Crippen molar-refractivity contribution in [3.63, 3.8) is 0 Å². The standard InChI is InChI=1S/C16H24N2O3/c1-18(13-7-5-4-6-12(13)17)16(19)11-8-9-14(20-2)15(10-11)21-3/h8-10,12-13H,4-7,17H2,1-3H3. The molecule has 0 saturated heterocycles. The minimum absolute atomic E-state index is 0.0293. The third-order valence-electron chi connectivity index (χ3n) is 4.23. The van der Waals surface area contributed by atoms with E-state index in [2.05, 4.69) is 0 Å². The topological polar surface area (TPSA) is 64.8 Å². The van der Waals surface area contributed by atoms with Crippen LogP contribution in [-0.4, -0.2) is 44.2 Å². The number of methoxy groups -OCH3 is 2. The van der Waals surface area contributed by atoms with Crippen molar-refractivity contribution >= 4 is 5.91 Å². The van der Waals surface area contributed by atoms with E-state index in [9.17, 15) is 4.79 Å². The lowest BCUT2D eigenvalue weighted by molar-refractivity contribution is 0.0672. The van der Waals surface area contributed by atoms with Gasteiger partial charge in [0.15, 0.2) is 11.5 Å². The van der Waals surface area contributed by atoms with Crippen LogP contribution in [0.25, 0.3) is 0 Å². The number of carbonyl (C=O) groups is 1. The monoisotopic (exact) mass is 292 g/mol. The number of likely N-dealkylation sites (N-methyl/N-ethyl adjacent to an activating group) is 1. The number of nitrogens with two attached hydrogens (primary N) is 1. The largest absolute Gasteiger partial charge is 0.493 e. The van der Waals surface area contributed by atoms with Crippen LogP contribution in [0.15, 0.2) is 18.2 Å². The Hall–Kier alpha value is -1.75. The Morgan fingerprint density at radius 2 is 1.86 bits per heavy atom. The van der Waals surface area contributed by atoms with Gasteiger partial charge < -0.3 is 20.1 Å².